The van der Waals surface area contributed by atoms with Gasteiger partial charge in [0.25, 0.3) is 0 Å². The molecule has 0 bridgehead atoms. The lowest BCUT2D eigenvalue weighted by Gasteiger charge is -2.20. The first-order chi connectivity index (χ1) is 8.54. The van der Waals surface area contributed by atoms with Crippen LogP contribution in [-0.2, 0) is 6.54 Å². The second-order valence-electron chi connectivity index (χ2n) is 4.59. The van der Waals surface area contributed by atoms with Gasteiger partial charge in [-0.1, -0.05) is 12.1 Å². The molecule has 18 heavy (non-hydrogen) atoms. The number of hydrogen-bond acceptors (Lipinski definition) is 2. The predicted molar refractivity (Wildman–Crippen MR) is 74.1 cm³/mol. The van der Waals surface area contributed by atoms with Crippen LogP contribution in [0.1, 0.15) is 11.1 Å². The number of hydrogen-bond donors (Lipinski definition) is 1. The van der Waals surface area contributed by atoms with Gasteiger partial charge in [-0.15, -0.1) is 0 Å². The van der Waals surface area contributed by atoms with Crippen molar-refractivity contribution >= 4 is 11.4 Å². The van der Waals surface area contributed by atoms with Crippen molar-refractivity contribution in [3.8, 4) is 0 Å². The normalized spacial score (nSPS) is 10.4. The van der Waals surface area contributed by atoms with Gasteiger partial charge in [-0.3, -0.25) is 0 Å². The van der Waals surface area contributed by atoms with Crippen LogP contribution in [0.25, 0.3) is 0 Å². The second kappa shape index (κ2) is 5.08. The summed E-state index contributed by atoms with van der Waals surface area (Å²) in [5.41, 5.74) is 9.68. The lowest BCUT2D eigenvalue weighted by Crippen LogP contribution is -2.16. The van der Waals surface area contributed by atoms with Gasteiger partial charge >= 0.3 is 0 Å². The number of nitrogen functional groups attached to an aromatic ring is 1. The first-order valence-electron chi connectivity index (χ1n) is 5.87. The number of halogens is 1. The molecule has 2 rings (SSSR count). The molecule has 0 aliphatic carbocycles. The Balaban J connectivity index is 2.19. The van der Waals surface area contributed by atoms with Gasteiger partial charge in [-0.05, 0) is 48.4 Å². The molecule has 0 saturated heterocycles. The quantitative estimate of drug-likeness (QED) is 0.839. The van der Waals surface area contributed by atoms with Crippen LogP contribution in [0.4, 0.5) is 15.8 Å². The molecule has 0 amide bonds. The summed E-state index contributed by atoms with van der Waals surface area (Å²) < 4.78 is 13.1. The van der Waals surface area contributed by atoms with E-state index in [1.165, 1.54) is 6.07 Å². The molecule has 0 spiro atoms. The van der Waals surface area contributed by atoms with Crippen molar-refractivity contribution in [2.24, 2.45) is 0 Å². The molecule has 0 unspecified atom stereocenters. The zero-order chi connectivity index (χ0) is 13.1. The third kappa shape index (κ3) is 3.00. The summed E-state index contributed by atoms with van der Waals surface area (Å²) in [6.07, 6.45) is 0. The van der Waals surface area contributed by atoms with Crippen LogP contribution in [-0.4, -0.2) is 7.05 Å². The summed E-state index contributed by atoms with van der Waals surface area (Å²) >= 11 is 0. The molecule has 2 aromatic carbocycles. The van der Waals surface area contributed by atoms with E-state index in [0.717, 1.165) is 22.5 Å². The van der Waals surface area contributed by atoms with Crippen LogP contribution in [0.15, 0.2) is 42.5 Å². The smallest absolute Gasteiger partial charge is 0.123 e. The molecule has 0 heterocycles. The number of rotatable bonds is 3. The Morgan fingerprint density at radius 1 is 1.17 bits per heavy atom. The summed E-state index contributed by atoms with van der Waals surface area (Å²) in [6, 6.07) is 12.6. The molecule has 0 radical (unpaired) electrons. The van der Waals surface area contributed by atoms with Crippen molar-refractivity contribution in [3.63, 3.8) is 0 Å². The van der Waals surface area contributed by atoms with E-state index < -0.39 is 0 Å². The Kier molecular flexibility index (Phi) is 3.51. The SMILES string of the molecule is Cc1cc(N)cc(N(C)Cc2cccc(F)c2)c1. The average molecular weight is 244 g/mol. The van der Waals surface area contributed by atoms with Crippen LogP contribution in [0, 0.1) is 12.7 Å². The molecular formula is C15H17FN2. The zero-order valence-corrected chi connectivity index (χ0v) is 10.7. The molecule has 0 aliphatic rings. The summed E-state index contributed by atoms with van der Waals surface area (Å²) in [6.45, 7) is 2.66. The molecule has 0 fully saturated rings. The third-order valence-electron chi connectivity index (χ3n) is 2.83. The van der Waals surface area contributed by atoms with E-state index >= 15 is 0 Å². The Bertz CT molecular complexity index is 532. The van der Waals surface area contributed by atoms with E-state index in [9.17, 15) is 4.39 Å². The van der Waals surface area contributed by atoms with Gasteiger partial charge in [0.05, 0.1) is 0 Å². The minimum atomic E-state index is -0.204. The highest BCUT2D eigenvalue weighted by Crippen LogP contribution is 2.21. The van der Waals surface area contributed by atoms with Crippen molar-refractivity contribution < 1.29 is 4.39 Å². The lowest BCUT2D eigenvalue weighted by molar-refractivity contribution is 0.625. The first kappa shape index (κ1) is 12.4. The molecule has 0 atom stereocenters. The summed E-state index contributed by atoms with van der Waals surface area (Å²) in [5.74, 6) is -0.204. The predicted octanol–water partition coefficient (Wildman–Crippen LogP) is 3.35. The lowest BCUT2D eigenvalue weighted by atomic mass is 10.1. The van der Waals surface area contributed by atoms with E-state index in [-0.39, 0.29) is 5.82 Å². The van der Waals surface area contributed by atoms with Gasteiger partial charge in [-0.25, -0.2) is 4.39 Å². The van der Waals surface area contributed by atoms with Crippen LogP contribution in [0.5, 0.6) is 0 Å². The number of nitrogens with zero attached hydrogens (tertiary/aromatic N) is 1. The standard InChI is InChI=1S/C15H17FN2/c1-11-6-14(17)9-15(7-11)18(2)10-12-4-3-5-13(16)8-12/h3-9H,10,17H2,1-2H3. The maximum Gasteiger partial charge on any atom is 0.123 e. The van der Waals surface area contributed by atoms with Gasteiger partial charge in [0.2, 0.25) is 0 Å². The van der Waals surface area contributed by atoms with Crippen LogP contribution in [0.2, 0.25) is 0 Å². The average Bonchev–Trinajstić information content (AvgIpc) is 2.27. The number of nitrogens with two attached hydrogens (primary N) is 1. The fourth-order valence-corrected chi connectivity index (χ4v) is 2.01. The van der Waals surface area contributed by atoms with Crippen LogP contribution in [0.3, 0.4) is 0 Å². The molecule has 2 nitrogen and oxygen atoms in total. The highest BCUT2D eigenvalue weighted by atomic mass is 19.1. The highest BCUT2D eigenvalue weighted by molar-refractivity contribution is 5.58. The van der Waals surface area contributed by atoms with Gasteiger partial charge in [0.15, 0.2) is 0 Å². The maximum absolute atomic E-state index is 13.1. The van der Waals surface area contributed by atoms with E-state index in [2.05, 4.69) is 11.0 Å². The molecule has 0 aliphatic heterocycles. The highest BCUT2D eigenvalue weighted by Gasteiger charge is 2.04. The Labute approximate surface area is 107 Å². The van der Waals surface area contributed by atoms with E-state index in [1.807, 2.05) is 32.2 Å². The minimum absolute atomic E-state index is 0.204. The Morgan fingerprint density at radius 3 is 2.61 bits per heavy atom. The van der Waals surface area contributed by atoms with Crippen molar-refractivity contribution in [3.05, 3.63) is 59.4 Å². The van der Waals surface area contributed by atoms with Crippen LogP contribution < -0.4 is 10.6 Å². The van der Waals surface area contributed by atoms with Gasteiger partial charge < -0.3 is 10.6 Å². The van der Waals surface area contributed by atoms with Crippen molar-refractivity contribution in [1.29, 1.82) is 0 Å². The molecule has 3 heteroatoms. The Hall–Kier alpha value is -2.03. The molecule has 94 valence electrons. The minimum Gasteiger partial charge on any atom is -0.399 e. The molecular weight excluding hydrogens is 227 g/mol. The molecule has 2 N–H and O–H groups in total. The van der Waals surface area contributed by atoms with Crippen LogP contribution >= 0.6 is 0 Å². The zero-order valence-electron chi connectivity index (χ0n) is 10.7. The number of anilines is 2. The first-order valence-corrected chi connectivity index (χ1v) is 5.87. The molecule has 0 aromatic heterocycles. The monoisotopic (exact) mass is 244 g/mol. The number of aryl methyl sites for hydroxylation is 1. The van der Waals surface area contributed by atoms with Crippen molar-refractivity contribution in [1.82, 2.24) is 0 Å². The van der Waals surface area contributed by atoms with E-state index in [1.54, 1.807) is 12.1 Å². The maximum atomic E-state index is 13.1. The fourth-order valence-electron chi connectivity index (χ4n) is 2.01. The molecule has 0 saturated carbocycles. The topological polar surface area (TPSA) is 29.3 Å². The fraction of sp³-hybridized carbons (Fsp3) is 0.200. The van der Waals surface area contributed by atoms with Gasteiger partial charge in [0.1, 0.15) is 5.82 Å². The summed E-state index contributed by atoms with van der Waals surface area (Å²) in [4.78, 5) is 2.05. The molecule has 2 aromatic rings. The summed E-state index contributed by atoms with van der Waals surface area (Å²) in [7, 11) is 1.97. The Morgan fingerprint density at radius 2 is 1.94 bits per heavy atom. The van der Waals surface area contributed by atoms with E-state index in [0.29, 0.717) is 6.54 Å². The largest absolute Gasteiger partial charge is 0.399 e. The van der Waals surface area contributed by atoms with Gasteiger partial charge in [-0.2, -0.15) is 0 Å². The van der Waals surface area contributed by atoms with Crippen molar-refractivity contribution in [2.75, 3.05) is 17.7 Å². The second-order valence-corrected chi connectivity index (χ2v) is 4.59. The third-order valence-corrected chi connectivity index (χ3v) is 2.83. The van der Waals surface area contributed by atoms with Gasteiger partial charge in [0, 0.05) is 25.0 Å². The van der Waals surface area contributed by atoms with Crippen molar-refractivity contribution in [2.45, 2.75) is 13.5 Å². The summed E-state index contributed by atoms with van der Waals surface area (Å²) in [5, 5.41) is 0. The van der Waals surface area contributed by atoms with E-state index in [4.69, 9.17) is 5.73 Å². The number of benzene rings is 2.